The number of aliphatic carboxylic acids is 1. The number of imide groups is 1. The molecule has 1 atom stereocenters. The van der Waals surface area contributed by atoms with Crippen molar-refractivity contribution >= 4 is 17.9 Å². The molecule has 0 aromatic carbocycles. The first-order valence-electron chi connectivity index (χ1n) is 13.1. The predicted molar refractivity (Wildman–Crippen MR) is 131 cm³/mol. The molecule has 0 spiro atoms. The number of carboxylic acids is 1. The lowest BCUT2D eigenvalue weighted by Gasteiger charge is -2.32. The zero-order chi connectivity index (χ0) is 24.9. The maximum absolute atomic E-state index is 12.3. The molecule has 1 aliphatic rings. The van der Waals surface area contributed by atoms with Crippen molar-refractivity contribution in [1.82, 2.24) is 9.80 Å². The highest BCUT2D eigenvalue weighted by Crippen LogP contribution is 2.37. The number of ether oxygens (including phenoxy) is 1. The lowest BCUT2D eigenvalue weighted by molar-refractivity contribution is -0.148. The quantitative estimate of drug-likeness (QED) is 0.194. The van der Waals surface area contributed by atoms with Crippen LogP contribution in [-0.2, 0) is 14.3 Å². The highest BCUT2D eigenvalue weighted by molar-refractivity contribution is 6.01. The summed E-state index contributed by atoms with van der Waals surface area (Å²) in [6.07, 6.45) is 10.5. The number of urea groups is 1. The smallest absolute Gasteiger partial charge is 0.327 e. The maximum Gasteiger partial charge on any atom is 0.327 e. The van der Waals surface area contributed by atoms with E-state index < -0.39 is 11.4 Å². The van der Waals surface area contributed by atoms with Crippen molar-refractivity contribution in [2.75, 3.05) is 32.8 Å². The second-order valence-electron chi connectivity index (χ2n) is 9.90. The Morgan fingerprint density at radius 2 is 1.48 bits per heavy atom. The van der Waals surface area contributed by atoms with Crippen molar-refractivity contribution in [2.45, 2.75) is 105 Å². The van der Waals surface area contributed by atoms with Gasteiger partial charge in [0.15, 0.2) is 0 Å². The number of unbranched alkanes of at least 4 members (excludes halogenated alkanes) is 2. The topological polar surface area (TPSA) is 87.2 Å². The number of hydrogen-bond donors (Lipinski definition) is 1. The number of carbonyl (C=O) groups excluding carboxylic acids is 2. The predicted octanol–water partition coefficient (Wildman–Crippen LogP) is 5.72. The largest absolute Gasteiger partial charge is 0.481 e. The van der Waals surface area contributed by atoms with Gasteiger partial charge in [-0.25, -0.2) is 4.79 Å². The minimum Gasteiger partial charge on any atom is -0.481 e. The Bertz CT molecular complexity index is 620. The van der Waals surface area contributed by atoms with Gasteiger partial charge in [0.2, 0.25) is 5.91 Å². The van der Waals surface area contributed by atoms with Gasteiger partial charge in [-0.1, -0.05) is 46.5 Å². The van der Waals surface area contributed by atoms with Gasteiger partial charge in [0.1, 0.15) is 6.54 Å². The van der Waals surface area contributed by atoms with E-state index in [9.17, 15) is 19.5 Å². The number of hydrogen-bond acceptors (Lipinski definition) is 4. The van der Waals surface area contributed by atoms with Gasteiger partial charge < -0.3 is 14.7 Å². The van der Waals surface area contributed by atoms with Crippen LogP contribution >= 0.6 is 0 Å². The molecule has 7 heteroatoms. The van der Waals surface area contributed by atoms with E-state index in [1.807, 2.05) is 20.8 Å². The van der Waals surface area contributed by atoms with Crippen molar-refractivity contribution in [3.05, 3.63) is 0 Å². The molecule has 1 heterocycles. The molecule has 1 rings (SSSR count). The van der Waals surface area contributed by atoms with E-state index in [4.69, 9.17) is 4.74 Å². The molecule has 0 aromatic rings. The minimum atomic E-state index is -0.706. The third-order valence-electron chi connectivity index (χ3n) is 7.91. The molecule has 0 aromatic heterocycles. The van der Waals surface area contributed by atoms with E-state index in [2.05, 4.69) is 13.8 Å². The zero-order valence-corrected chi connectivity index (χ0v) is 21.8. The maximum atomic E-state index is 12.3. The van der Waals surface area contributed by atoms with Crippen LogP contribution in [0, 0.1) is 10.8 Å². The van der Waals surface area contributed by atoms with Gasteiger partial charge in [0, 0.05) is 26.3 Å². The van der Waals surface area contributed by atoms with Gasteiger partial charge in [-0.05, 0) is 64.2 Å². The summed E-state index contributed by atoms with van der Waals surface area (Å²) in [6.45, 7) is 12.9. The molecule has 0 aliphatic carbocycles. The summed E-state index contributed by atoms with van der Waals surface area (Å²) in [6, 6.07) is -0.138. The van der Waals surface area contributed by atoms with Crippen LogP contribution in [0.25, 0.3) is 0 Å². The first-order valence-corrected chi connectivity index (χ1v) is 13.1. The first-order chi connectivity index (χ1) is 15.7. The van der Waals surface area contributed by atoms with Crippen molar-refractivity contribution in [2.24, 2.45) is 10.8 Å². The Labute approximate surface area is 201 Å². The number of rotatable bonds is 19. The summed E-state index contributed by atoms with van der Waals surface area (Å²) in [4.78, 5) is 38.7. The minimum absolute atomic E-state index is 0.0696. The fourth-order valence-electron chi connectivity index (χ4n) is 4.72. The van der Waals surface area contributed by atoms with E-state index in [0.717, 1.165) is 64.4 Å². The summed E-state index contributed by atoms with van der Waals surface area (Å²) >= 11 is 0. The highest BCUT2D eigenvalue weighted by atomic mass is 16.5. The number of nitrogens with zero attached hydrogens (tertiary/aromatic N) is 2. The normalized spacial score (nSPS) is 16.5. The van der Waals surface area contributed by atoms with E-state index in [1.165, 1.54) is 4.90 Å². The summed E-state index contributed by atoms with van der Waals surface area (Å²) in [5, 5.41) is 9.33. The standard InChI is InChI=1S/C26H48N2O5/c1-6-25(5,23(30)31)15-10-12-19-33-20-13-11-16-26(7-2,8-3)17-14-18-28-22(29)21-27(9-4)24(28)32/h6-21H2,1-5H3,(H,30,31). The molecule has 3 amide bonds. The van der Waals surface area contributed by atoms with Gasteiger partial charge in [0.05, 0.1) is 5.41 Å². The summed E-state index contributed by atoms with van der Waals surface area (Å²) in [7, 11) is 0. The van der Waals surface area contributed by atoms with E-state index in [0.29, 0.717) is 32.5 Å². The van der Waals surface area contributed by atoms with Crippen LogP contribution in [0.15, 0.2) is 0 Å². The molecule has 192 valence electrons. The molecule has 1 aliphatic heterocycles. The Kier molecular flexibility index (Phi) is 13.0. The van der Waals surface area contributed by atoms with Gasteiger partial charge in [0.25, 0.3) is 0 Å². The summed E-state index contributed by atoms with van der Waals surface area (Å²) in [5.41, 5.74) is -0.355. The number of carbonyl (C=O) groups is 3. The van der Waals surface area contributed by atoms with Gasteiger partial charge in [-0.3, -0.25) is 14.5 Å². The zero-order valence-electron chi connectivity index (χ0n) is 21.8. The fourth-order valence-corrected chi connectivity index (χ4v) is 4.72. The first kappa shape index (κ1) is 29.4. The SMILES string of the molecule is CCN1CC(=O)N(CCCC(CC)(CC)CCCCOCCCCC(C)(CC)C(=O)O)C1=O. The lowest BCUT2D eigenvalue weighted by atomic mass is 9.74. The molecule has 0 radical (unpaired) electrons. The molecule has 0 saturated carbocycles. The molecule has 1 fully saturated rings. The van der Waals surface area contributed by atoms with Crippen LogP contribution in [-0.4, -0.2) is 65.7 Å². The summed E-state index contributed by atoms with van der Waals surface area (Å²) < 4.78 is 5.78. The van der Waals surface area contributed by atoms with Crippen molar-refractivity contribution in [3.8, 4) is 0 Å². The van der Waals surface area contributed by atoms with Gasteiger partial charge >= 0.3 is 12.0 Å². The Hall–Kier alpha value is -1.63. The molecular weight excluding hydrogens is 420 g/mol. The molecule has 1 saturated heterocycles. The number of carboxylic acid groups (broad SMARTS) is 1. The third-order valence-corrected chi connectivity index (χ3v) is 7.91. The Morgan fingerprint density at radius 1 is 0.909 bits per heavy atom. The summed E-state index contributed by atoms with van der Waals surface area (Å²) in [5.74, 6) is -0.775. The Morgan fingerprint density at radius 3 is 1.97 bits per heavy atom. The fraction of sp³-hybridized carbons (Fsp3) is 0.885. The van der Waals surface area contributed by atoms with E-state index in [1.54, 1.807) is 4.90 Å². The van der Waals surface area contributed by atoms with Crippen LogP contribution in [0.2, 0.25) is 0 Å². The second kappa shape index (κ2) is 14.6. The van der Waals surface area contributed by atoms with Crippen molar-refractivity contribution < 1.29 is 24.2 Å². The second-order valence-corrected chi connectivity index (χ2v) is 9.90. The van der Waals surface area contributed by atoms with Gasteiger partial charge in [-0.2, -0.15) is 0 Å². The highest BCUT2D eigenvalue weighted by Gasteiger charge is 2.35. The van der Waals surface area contributed by atoms with E-state index in [-0.39, 0.29) is 23.9 Å². The van der Waals surface area contributed by atoms with Crippen LogP contribution < -0.4 is 0 Å². The Balaban J connectivity index is 2.24. The van der Waals surface area contributed by atoms with Crippen LogP contribution in [0.1, 0.15) is 105 Å². The van der Waals surface area contributed by atoms with E-state index >= 15 is 0 Å². The molecule has 1 unspecified atom stereocenters. The van der Waals surface area contributed by atoms with Gasteiger partial charge in [-0.15, -0.1) is 0 Å². The number of amides is 3. The lowest BCUT2D eigenvalue weighted by Crippen LogP contribution is -2.34. The van der Waals surface area contributed by atoms with Crippen LogP contribution in [0.3, 0.4) is 0 Å². The average Bonchev–Trinajstić information content (AvgIpc) is 3.09. The third kappa shape index (κ3) is 8.91. The molecule has 0 bridgehead atoms. The molecule has 7 nitrogen and oxygen atoms in total. The molecular formula is C26H48N2O5. The monoisotopic (exact) mass is 468 g/mol. The molecule has 1 N–H and O–H groups in total. The van der Waals surface area contributed by atoms with Crippen LogP contribution in [0.5, 0.6) is 0 Å². The van der Waals surface area contributed by atoms with Crippen molar-refractivity contribution in [1.29, 1.82) is 0 Å². The van der Waals surface area contributed by atoms with Crippen LogP contribution in [0.4, 0.5) is 4.79 Å². The van der Waals surface area contributed by atoms with Crippen molar-refractivity contribution in [3.63, 3.8) is 0 Å². The average molecular weight is 469 g/mol. The number of likely N-dealkylation sites (N-methyl/N-ethyl adjacent to an activating group) is 1. The molecule has 33 heavy (non-hydrogen) atoms.